The Kier molecular flexibility index (Phi) is 5.80. The predicted octanol–water partition coefficient (Wildman–Crippen LogP) is 3.85. The van der Waals surface area contributed by atoms with E-state index in [0.29, 0.717) is 16.3 Å². The number of amides is 1. The molecule has 3 rings (SSSR count). The summed E-state index contributed by atoms with van der Waals surface area (Å²) in [6.07, 6.45) is 0.374. The zero-order valence-corrected chi connectivity index (χ0v) is 16.2. The normalized spacial score (nSPS) is 10.7. The molecule has 2 aromatic carbocycles. The van der Waals surface area contributed by atoms with Crippen LogP contribution in [-0.4, -0.2) is 24.0 Å². The third-order valence-corrected chi connectivity index (χ3v) is 4.69. The number of rotatable bonds is 5. The Hall–Kier alpha value is -3.12. The first kappa shape index (κ1) is 19.6. The van der Waals surface area contributed by atoms with Crippen LogP contribution in [0.1, 0.15) is 27.9 Å². The number of fused-ring (bicyclic) bond motifs is 1. The number of nitrogens with one attached hydrogen (secondary N) is 2. The van der Waals surface area contributed by atoms with Gasteiger partial charge in [-0.25, -0.2) is 4.79 Å². The molecule has 0 spiro atoms. The largest absolute Gasteiger partial charge is 0.465 e. The number of aryl methyl sites for hydroxylation is 2. The number of carbonyl (C=O) groups is 2. The second-order valence-corrected chi connectivity index (χ2v) is 6.86. The fourth-order valence-corrected chi connectivity index (χ4v) is 3.04. The second-order valence-electron chi connectivity index (χ2n) is 6.45. The lowest BCUT2D eigenvalue weighted by atomic mass is 10.1. The SMILES string of the molecule is COC(=O)c1ccc(Cl)c(NC(=O)CCc2cc3ccc(C)cc3[nH]c2=O)c1. The molecule has 0 unspecified atom stereocenters. The smallest absolute Gasteiger partial charge is 0.337 e. The second kappa shape index (κ2) is 8.27. The van der Waals surface area contributed by atoms with Crippen LogP contribution in [-0.2, 0) is 16.0 Å². The number of ether oxygens (including phenoxy) is 1. The highest BCUT2D eigenvalue weighted by atomic mass is 35.5. The van der Waals surface area contributed by atoms with Crippen molar-refractivity contribution < 1.29 is 14.3 Å². The fourth-order valence-electron chi connectivity index (χ4n) is 2.87. The number of H-pyrrole nitrogens is 1. The molecular weight excluding hydrogens is 380 g/mol. The van der Waals surface area contributed by atoms with Gasteiger partial charge in [-0.15, -0.1) is 0 Å². The van der Waals surface area contributed by atoms with Crippen molar-refractivity contribution in [3.63, 3.8) is 0 Å². The molecule has 0 bridgehead atoms. The molecule has 28 heavy (non-hydrogen) atoms. The zero-order valence-electron chi connectivity index (χ0n) is 15.5. The van der Waals surface area contributed by atoms with Crippen LogP contribution >= 0.6 is 11.6 Å². The van der Waals surface area contributed by atoms with E-state index >= 15 is 0 Å². The molecule has 2 N–H and O–H groups in total. The van der Waals surface area contributed by atoms with Crippen molar-refractivity contribution in [2.45, 2.75) is 19.8 Å². The molecule has 0 fully saturated rings. The number of benzene rings is 2. The van der Waals surface area contributed by atoms with E-state index in [1.807, 2.05) is 25.1 Å². The lowest BCUT2D eigenvalue weighted by molar-refractivity contribution is -0.116. The Balaban J connectivity index is 1.72. The highest BCUT2D eigenvalue weighted by Gasteiger charge is 2.12. The van der Waals surface area contributed by atoms with Crippen LogP contribution in [0, 0.1) is 6.92 Å². The van der Waals surface area contributed by atoms with Gasteiger partial charge in [0.05, 0.1) is 23.4 Å². The van der Waals surface area contributed by atoms with Crippen molar-refractivity contribution in [1.82, 2.24) is 4.98 Å². The molecule has 0 aliphatic heterocycles. The van der Waals surface area contributed by atoms with Crippen LogP contribution in [0.4, 0.5) is 5.69 Å². The maximum atomic E-state index is 12.3. The topological polar surface area (TPSA) is 88.3 Å². The standard InChI is InChI=1S/C21H19ClN2O4/c1-12-3-4-13-10-14(20(26)24-17(13)9-12)6-8-19(25)23-18-11-15(21(27)28-2)5-7-16(18)22/h3-5,7,9-11H,6,8H2,1-2H3,(H,23,25)(H,24,26). The van der Waals surface area contributed by atoms with E-state index in [1.165, 1.54) is 25.3 Å². The number of halogens is 1. The summed E-state index contributed by atoms with van der Waals surface area (Å²) in [5, 5.41) is 3.89. The molecule has 0 radical (unpaired) electrons. The summed E-state index contributed by atoms with van der Waals surface area (Å²) in [5.74, 6) is -0.836. The summed E-state index contributed by atoms with van der Waals surface area (Å²) in [5.41, 5.74) is 2.74. The summed E-state index contributed by atoms with van der Waals surface area (Å²) < 4.78 is 4.66. The molecule has 1 amide bonds. The summed E-state index contributed by atoms with van der Waals surface area (Å²) in [4.78, 5) is 39.0. The van der Waals surface area contributed by atoms with Crippen molar-refractivity contribution in [3.8, 4) is 0 Å². The van der Waals surface area contributed by atoms with Crippen LogP contribution in [0.3, 0.4) is 0 Å². The minimum absolute atomic E-state index is 0.0965. The van der Waals surface area contributed by atoms with Crippen molar-refractivity contribution >= 4 is 40.1 Å². The van der Waals surface area contributed by atoms with Gasteiger partial charge in [-0.1, -0.05) is 23.7 Å². The molecular formula is C21H19ClN2O4. The maximum absolute atomic E-state index is 12.3. The molecule has 0 saturated carbocycles. The number of pyridine rings is 1. The van der Waals surface area contributed by atoms with E-state index < -0.39 is 5.97 Å². The van der Waals surface area contributed by atoms with Crippen molar-refractivity contribution in [1.29, 1.82) is 0 Å². The summed E-state index contributed by atoms with van der Waals surface area (Å²) in [6, 6.07) is 12.1. The number of hydrogen-bond donors (Lipinski definition) is 2. The first-order chi connectivity index (χ1) is 13.4. The molecule has 7 heteroatoms. The summed E-state index contributed by atoms with van der Waals surface area (Å²) in [7, 11) is 1.28. The molecule has 0 aliphatic carbocycles. The van der Waals surface area contributed by atoms with Gasteiger partial charge in [0.1, 0.15) is 0 Å². The lowest BCUT2D eigenvalue weighted by Gasteiger charge is -2.09. The molecule has 0 aliphatic rings. The van der Waals surface area contributed by atoms with Crippen molar-refractivity contribution in [2.24, 2.45) is 0 Å². The number of hydrogen-bond acceptors (Lipinski definition) is 4. The van der Waals surface area contributed by atoms with E-state index in [1.54, 1.807) is 6.07 Å². The van der Waals surface area contributed by atoms with Gasteiger partial charge in [0, 0.05) is 17.5 Å². The maximum Gasteiger partial charge on any atom is 0.337 e. The van der Waals surface area contributed by atoms with Gasteiger partial charge in [0.15, 0.2) is 0 Å². The average Bonchev–Trinajstić information content (AvgIpc) is 2.67. The Morgan fingerprint density at radius 1 is 1.14 bits per heavy atom. The van der Waals surface area contributed by atoms with Gasteiger partial charge in [-0.2, -0.15) is 0 Å². The summed E-state index contributed by atoms with van der Waals surface area (Å²) in [6.45, 7) is 1.95. The zero-order chi connectivity index (χ0) is 20.3. The van der Waals surface area contributed by atoms with Gasteiger partial charge >= 0.3 is 5.97 Å². The predicted molar refractivity (Wildman–Crippen MR) is 109 cm³/mol. The van der Waals surface area contributed by atoms with Crippen LogP contribution in [0.2, 0.25) is 5.02 Å². The van der Waals surface area contributed by atoms with Crippen molar-refractivity contribution in [2.75, 3.05) is 12.4 Å². The molecule has 3 aromatic rings. The Morgan fingerprint density at radius 3 is 2.68 bits per heavy atom. The minimum atomic E-state index is -0.523. The highest BCUT2D eigenvalue weighted by Crippen LogP contribution is 2.24. The molecule has 0 atom stereocenters. The molecule has 0 saturated heterocycles. The van der Waals surface area contributed by atoms with Gasteiger partial charge in [-0.05, 0) is 54.6 Å². The molecule has 1 aromatic heterocycles. The van der Waals surface area contributed by atoms with E-state index in [2.05, 4.69) is 15.0 Å². The van der Waals surface area contributed by atoms with E-state index in [0.717, 1.165) is 16.5 Å². The van der Waals surface area contributed by atoms with Gasteiger partial charge in [0.25, 0.3) is 5.56 Å². The molecule has 144 valence electrons. The monoisotopic (exact) mass is 398 g/mol. The number of anilines is 1. The van der Waals surface area contributed by atoms with Gasteiger partial charge in [0.2, 0.25) is 5.91 Å². The number of methoxy groups -OCH3 is 1. The van der Waals surface area contributed by atoms with E-state index in [9.17, 15) is 14.4 Å². The number of aromatic amines is 1. The Morgan fingerprint density at radius 2 is 1.93 bits per heavy atom. The molecule has 1 heterocycles. The summed E-state index contributed by atoms with van der Waals surface area (Å²) >= 11 is 6.09. The van der Waals surface area contributed by atoms with Crippen LogP contribution in [0.5, 0.6) is 0 Å². The van der Waals surface area contributed by atoms with Gasteiger partial charge < -0.3 is 15.0 Å². The Bertz CT molecular complexity index is 1120. The number of aromatic nitrogens is 1. The average molecular weight is 399 g/mol. The lowest BCUT2D eigenvalue weighted by Crippen LogP contribution is -2.17. The number of carbonyl (C=O) groups excluding carboxylic acids is 2. The third kappa shape index (κ3) is 4.40. The van der Waals surface area contributed by atoms with Crippen molar-refractivity contribution in [3.05, 3.63) is 74.5 Å². The van der Waals surface area contributed by atoms with Crippen LogP contribution in [0.25, 0.3) is 10.9 Å². The fraction of sp³-hybridized carbons (Fsp3) is 0.190. The van der Waals surface area contributed by atoms with Crippen LogP contribution < -0.4 is 10.9 Å². The first-order valence-corrected chi connectivity index (χ1v) is 9.05. The molecule has 6 nitrogen and oxygen atoms in total. The number of esters is 1. The van der Waals surface area contributed by atoms with Gasteiger partial charge in [-0.3, -0.25) is 9.59 Å². The highest BCUT2D eigenvalue weighted by molar-refractivity contribution is 6.33. The van der Waals surface area contributed by atoms with Crippen LogP contribution in [0.15, 0.2) is 47.3 Å². The third-order valence-electron chi connectivity index (χ3n) is 4.36. The quantitative estimate of drug-likeness (QED) is 0.639. The van der Waals surface area contributed by atoms with E-state index in [-0.39, 0.29) is 29.9 Å². The van der Waals surface area contributed by atoms with E-state index in [4.69, 9.17) is 11.6 Å². The minimum Gasteiger partial charge on any atom is -0.465 e. The Labute approximate surface area is 166 Å². The first-order valence-electron chi connectivity index (χ1n) is 8.67.